The van der Waals surface area contributed by atoms with Gasteiger partial charge in [0.2, 0.25) is 5.91 Å². The Hall–Kier alpha value is -1.92. The molecular formula is C16H24N2O4. The molecule has 6 nitrogen and oxygen atoms in total. The number of benzene rings is 1. The van der Waals surface area contributed by atoms with Gasteiger partial charge in [0.1, 0.15) is 18.5 Å². The van der Waals surface area contributed by atoms with Crippen LogP contribution in [0.1, 0.15) is 17.3 Å². The zero-order valence-electron chi connectivity index (χ0n) is 13.6. The summed E-state index contributed by atoms with van der Waals surface area (Å²) in [6.07, 6.45) is -0.721. The zero-order chi connectivity index (χ0) is 16.7. The molecule has 122 valence electrons. The first-order valence-corrected chi connectivity index (χ1v) is 7.10. The van der Waals surface area contributed by atoms with E-state index in [0.29, 0.717) is 17.9 Å². The second kappa shape index (κ2) is 8.51. The molecule has 6 heteroatoms. The molecule has 0 fully saturated rings. The van der Waals surface area contributed by atoms with Gasteiger partial charge < -0.3 is 14.7 Å². The van der Waals surface area contributed by atoms with Crippen molar-refractivity contribution in [3.63, 3.8) is 0 Å². The summed E-state index contributed by atoms with van der Waals surface area (Å²) in [5.41, 5.74) is 0.570. The third kappa shape index (κ3) is 6.24. The zero-order valence-corrected chi connectivity index (χ0v) is 13.6. The van der Waals surface area contributed by atoms with Crippen molar-refractivity contribution in [2.45, 2.75) is 13.0 Å². The van der Waals surface area contributed by atoms with Gasteiger partial charge in [-0.1, -0.05) is 12.1 Å². The van der Waals surface area contributed by atoms with Gasteiger partial charge in [-0.15, -0.1) is 0 Å². The van der Waals surface area contributed by atoms with Gasteiger partial charge in [0.15, 0.2) is 5.78 Å². The highest BCUT2D eigenvalue weighted by Crippen LogP contribution is 2.14. The molecule has 0 aliphatic carbocycles. The van der Waals surface area contributed by atoms with E-state index in [1.54, 1.807) is 50.3 Å². The Morgan fingerprint density at radius 3 is 2.55 bits per heavy atom. The molecule has 0 aliphatic heterocycles. The first kappa shape index (κ1) is 18.1. The molecule has 0 spiro atoms. The maximum atomic E-state index is 11.6. The summed E-state index contributed by atoms with van der Waals surface area (Å²) in [5, 5.41) is 9.95. The van der Waals surface area contributed by atoms with E-state index in [9.17, 15) is 14.7 Å². The van der Waals surface area contributed by atoms with Crippen molar-refractivity contribution in [2.24, 2.45) is 0 Å². The maximum absolute atomic E-state index is 11.6. The molecule has 1 amide bonds. The average molecular weight is 308 g/mol. The smallest absolute Gasteiger partial charge is 0.236 e. The van der Waals surface area contributed by atoms with Gasteiger partial charge in [0, 0.05) is 26.2 Å². The van der Waals surface area contributed by atoms with Crippen LogP contribution in [-0.4, -0.2) is 73.5 Å². The van der Waals surface area contributed by atoms with E-state index in [-0.39, 0.29) is 24.8 Å². The van der Waals surface area contributed by atoms with Crippen LogP contribution in [0.5, 0.6) is 5.75 Å². The van der Waals surface area contributed by atoms with Crippen LogP contribution in [0.15, 0.2) is 24.3 Å². The van der Waals surface area contributed by atoms with Gasteiger partial charge >= 0.3 is 0 Å². The largest absolute Gasteiger partial charge is 0.491 e. The molecule has 1 unspecified atom stereocenters. The molecular weight excluding hydrogens is 284 g/mol. The Balaban J connectivity index is 2.42. The third-order valence-corrected chi connectivity index (χ3v) is 3.11. The van der Waals surface area contributed by atoms with Crippen molar-refractivity contribution in [1.82, 2.24) is 9.80 Å². The fourth-order valence-corrected chi connectivity index (χ4v) is 1.85. The SMILES string of the molecule is CC(=O)c1cccc(OCC(O)CN(C)CC(=O)N(C)C)c1. The Morgan fingerprint density at radius 2 is 1.95 bits per heavy atom. The molecule has 0 aliphatic rings. The van der Waals surface area contributed by atoms with Crippen LogP contribution in [0.2, 0.25) is 0 Å². The van der Waals surface area contributed by atoms with E-state index >= 15 is 0 Å². The lowest BCUT2D eigenvalue weighted by molar-refractivity contribution is -0.129. The second-order valence-corrected chi connectivity index (χ2v) is 5.53. The summed E-state index contributed by atoms with van der Waals surface area (Å²) in [4.78, 5) is 26.1. The van der Waals surface area contributed by atoms with Gasteiger partial charge in [0.25, 0.3) is 0 Å². The van der Waals surface area contributed by atoms with Crippen LogP contribution in [0.3, 0.4) is 0 Å². The average Bonchev–Trinajstić information content (AvgIpc) is 2.45. The molecule has 1 aromatic rings. The topological polar surface area (TPSA) is 70.1 Å². The van der Waals surface area contributed by atoms with Gasteiger partial charge in [0.05, 0.1) is 6.54 Å². The van der Waals surface area contributed by atoms with Gasteiger partial charge in [-0.3, -0.25) is 14.5 Å². The molecule has 0 radical (unpaired) electrons. The molecule has 0 saturated carbocycles. The van der Waals surface area contributed by atoms with Gasteiger partial charge in [-0.05, 0) is 26.1 Å². The van der Waals surface area contributed by atoms with Crippen LogP contribution in [0, 0.1) is 0 Å². The third-order valence-electron chi connectivity index (χ3n) is 3.11. The predicted molar refractivity (Wildman–Crippen MR) is 84.1 cm³/mol. The first-order valence-electron chi connectivity index (χ1n) is 7.10. The fourth-order valence-electron chi connectivity index (χ4n) is 1.85. The molecule has 0 bridgehead atoms. The Kier molecular flexibility index (Phi) is 7.01. The number of rotatable bonds is 8. The number of amides is 1. The first-order chi connectivity index (χ1) is 10.3. The molecule has 1 N–H and O–H groups in total. The van der Waals surface area contributed by atoms with Crippen LogP contribution >= 0.6 is 0 Å². The minimum atomic E-state index is -0.721. The fraction of sp³-hybridized carbons (Fsp3) is 0.500. The molecule has 1 aromatic carbocycles. The summed E-state index contributed by atoms with van der Waals surface area (Å²) in [7, 11) is 5.15. The van der Waals surface area contributed by atoms with E-state index in [4.69, 9.17) is 4.74 Å². The minimum absolute atomic E-state index is 0.0234. The molecule has 22 heavy (non-hydrogen) atoms. The highest BCUT2D eigenvalue weighted by Gasteiger charge is 2.13. The standard InChI is InChI=1S/C16H24N2O4/c1-12(19)13-6-5-7-15(8-13)22-11-14(20)9-18(4)10-16(21)17(2)3/h5-8,14,20H,9-11H2,1-4H3. The lowest BCUT2D eigenvalue weighted by Gasteiger charge is -2.22. The number of carbonyl (C=O) groups excluding carboxylic acids is 2. The number of ether oxygens (including phenoxy) is 1. The highest BCUT2D eigenvalue weighted by molar-refractivity contribution is 5.94. The normalized spacial score (nSPS) is 12.1. The van der Waals surface area contributed by atoms with Crippen molar-refractivity contribution in [1.29, 1.82) is 0 Å². The van der Waals surface area contributed by atoms with Crippen molar-refractivity contribution in [3.05, 3.63) is 29.8 Å². The van der Waals surface area contributed by atoms with E-state index < -0.39 is 6.10 Å². The molecule has 1 rings (SSSR count). The number of aliphatic hydroxyl groups is 1. The summed E-state index contributed by atoms with van der Waals surface area (Å²) >= 11 is 0. The van der Waals surface area contributed by atoms with Crippen molar-refractivity contribution >= 4 is 11.7 Å². The quantitative estimate of drug-likeness (QED) is 0.714. The summed E-state index contributed by atoms with van der Waals surface area (Å²) in [5.74, 6) is 0.483. The summed E-state index contributed by atoms with van der Waals surface area (Å²) in [6.45, 7) is 2.16. The van der Waals surface area contributed by atoms with E-state index in [1.807, 2.05) is 0 Å². The number of carbonyl (C=O) groups is 2. The van der Waals surface area contributed by atoms with Gasteiger partial charge in [-0.25, -0.2) is 0 Å². The van der Waals surface area contributed by atoms with Crippen LogP contribution in [-0.2, 0) is 4.79 Å². The number of aliphatic hydroxyl groups excluding tert-OH is 1. The van der Waals surface area contributed by atoms with Crippen LogP contribution in [0.4, 0.5) is 0 Å². The van der Waals surface area contributed by atoms with Gasteiger partial charge in [-0.2, -0.15) is 0 Å². The summed E-state index contributed by atoms with van der Waals surface area (Å²) in [6, 6.07) is 6.83. The van der Waals surface area contributed by atoms with E-state index in [1.165, 1.54) is 11.8 Å². The Morgan fingerprint density at radius 1 is 1.27 bits per heavy atom. The number of hydrogen-bond acceptors (Lipinski definition) is 5. The van der Waals surface area contributed by atoms with E-state index in [2.05, 4.69) is 0 Å². The monoisotopic (exact) mass is 308 g/mol. The number of nitrogens with zero attached hydrogens (tertiary/aromatic N) is 2. The lowest BCUT2D eigenvalue weighted by atomic mass is 10.1. The maximum Gasteiger partial charge on any atom is 0.236 e. The molecule has 1 atom stereocenters. The number of Topliss-reactive ketones (excluding diaryl/α,β-unsaturated/α-hetero) is 1. The molecule has 0 aromatic heterocycles. The van der Waals surface area contributed by atoms with Crippen molar-refractivity contribution in [2.75, 3.05) is 40.8 Å². The Bertz CT molecular complexity index is 517. The molecule has 0 saturated heterocycles. The minimum Gasteiger partial charge on any atom is -0.491 e. The summed E-state index contributed by atoms with van der Waals surface area (Å²) < 4.78 is 5.49. The van der Waals surface area contributed by atoms with Crippen LogP contribution < -0.4 is 4.74 Å². The highest BCUT2D eigenvalue weighted by atomic mass is 16.5. The number of ketones is 1. The van der Waals surface area contributed by atoms with Crippen molar-refractivity contribution in [3.8, 4) is 5.75 Å². The number of hydrogen-bond donors (Lipinski definition) is 1. The second-order valence-electron chi connectivity index (χ2n) is 5.53. The van der Waals surface area contributed by atoms with Crippen LogP contribution in [0.25, 0.3) is 0 Å². The number of likely N-dealkylation sites (N-methyl/N-ethyl adjacent to an activating group) is 2. The molecule has 0 heterocycles. The lowest BCUT2D eigenvalue weighted by Crippen LogP contribution is -2.39. The predicted octanol–water partition coefficient (Wildman–Crippen LogP) is 0.649. The van der Waals surface area contributed by atoms with E-state index in [0.717, 1.165) is 0 Å². The van der Waals surface area contributed by atoms with Crippen molar-refractivity contribution < 1.29 is 19.4 Å². The Labute approximate surface area is 131 Å².